The van der Waals surface area contributed by atoms with Crippen LogP contribution >= 0.6 is 0 Å². The van der Waals surface area contributed by atoms with Crippen LogP contribution in [-0.2, 0) is 23.1 Å². The number of carbonyl (C=O) groups excluding carboxylic acids is 1. The van der Waals surface area contributed by atoms with Crippen molar-refractivity contribution in [3.05, 3.63) is 95.6 Å². The Hall–Kier alpha value is -3.20. The third-order valence-corrected chi connectivity index (χ3v) is 7.47. The van der Waals surface area contributed by atoms with Crippen LogP contribution in [-0.4, -0.2) is 52.5 Å². The highest BCUT2D eigenvalue weighted by Crippen LogP contribution is 2.17. The van der Waals surface area contributed by atoms with Crippen molar-refractivity contribution in [3.8, 4) is 5.75 Å². The first kappa shape index (κ1) is 23.9. The van der Waals surface area contributed by atoms with E-state index in [4.69, 9.17) is 4.74 Å². The van der Waals surface area contributed by atoms with Crippen LogP contribution in [0.1, 0.15) is 21.5 Å². The Morgan fingerprint density at radius 2 is 1.65 bits per heavy atom. The lowest BCUT2D eigenvalue weighted by molar-refractivity contribution is -0.917. The molecule has 7 nitrogen and oxygen atoms in total. The van der Waals surface area contributed by atoms with Crippen molar-refractivity contribution in [1.29, 1.82) is 0 Å². The number of hydrogen-bond donors (Lipinski definition) is 2. The van der Waals surface area contributed by atoms with Crippen LogP contribution < -0.4 is 14.4 Å². The van der Waals surface area contributed by atoms with Gasteiger partial charge in [0.25, 0.3) is 5.91 Å². The largest absolute Gasteiger partial charge is 0.497 e. The second-order valence-corrected chi connectivity index (χ2v) is 10.2. The summed E-state index contributed by atoms with van der Waals surface area (Å²) in [4.78, 5) is 16.5. The van der Waals surface area contributed by atoms with Crippen molar-refractivity contribution in [1.82, 2.24) is 9.62 Å². The second kappa shape index (κ2) is 10.8. The second-order valence-electron chi connectivity index (χ2n) is 8.41. The van der Waals surface area contributed by atoms with Crippen LogP contribution in [0, 0.1) is 0 Å². The van der Waals surface area contributed by atoms with Crippen molar-refractivity contribution in [2.75, 3.05) is 33.3 Å². The van der Waals surface area contributed by atoms with Crippen LogP contribution in [0.4, 0.5) is 0 Å². The van der Waals surface area contributed by atoms with Gasteiger partial charge in [-0.05, 0) is 29.8 Å². The lowest BCUT2D eigenvalue weighted by Gasteiger charge is -2.32. The fraction of sp³-hybridized carbons (Fsp3) is 0.269. The topological polar surface area (TPSA) is 80.1 Å². The van der Waals surface area contributed by atoms with Crippen LogP contribution in [0.2, 0.25) is 0 Å². The lowest BCUT2D eigenvalue weighted by atomic mass is 10.1. The first-order valence-electron chi connectivity index (χ1n) is 11.3. The van der Waals surface area contributed by atoms with Gasteiger partial charge in [0.05, 0.1) is 38.2 Å². The van der Waals surface area contributed by atoms with Crippen LogP contribution in [0.3, 0.4) is 0 Å². The molecule has 4 rings (SSSR count). The smallest absolute Gasteiger partial charge is 0.254 e. The summed E-state index contributed by atoms with van der Waals surface area (Å²) in [7, 11) is -2.18. The molecule has 8 heteroatoms. The van der Waals surface area contributed by atoms with Crippen molar-refractivity contribution >= 4 is 15.9 Å². The van der Waals surface area contributed by atoms with Crippen LogP contribution in [0.5, 0.6) is 5.75 Å². The summed E-state index contributed by atoms with van der Waals surface area (Å²) in [5.74, 6) is 0.496. The molecule has 1 aliphatic rings. The van der Waals surface area contributed by atoms with E-state index in [9.17, 15) is 13.2 Å². The van der Waals surface area contributed by atoms with Crippen LogP contribution in [0.25, 0.3) is 0 Å². The molecule has 1 heterocycles. The van der Waals surface area contributed by atoms with Gasteiger partial charge in [-0.2, -0.15) is 0 Å². The van der Waals surface area contributed by atoms with E-state index >= 15 is 0 Å². The zero-order valence-electron chi connectivity index (χ0n) is 19.2. The molecular formula is C26H30N3O4S+. The first-order chi connectivity index (χ1) is 16.4. The average molecular weight is 481 g/mol. The molecule has 3 aromatic carbocycles. The van der Waals surface area contributed by atoms with Gasteiger partial charge in [0.1, 0.15) is 12.3 Å². The number of quaternary nitrogens is 1. The summed E-state index contributed by atoms with van der Waals surface area (Å²) < 4.78 is 32.8. The maximum Gasteiger partial charge on any atom is 0.254 e. The summed E-state index contributed by atoms with van der Waals surface area (Å²) >= 11 is 0. The van der Waals surface area contributed by atoms with Crippen molar-refractivity contribution in [2.45, 2.75) is 18.0 Å². The molecule has 1 saturated heterocycles. The fourth-order valence-electron chi connectivity index (χ4n) is 4.07. The Bertz CT molecular complexity index is 1210. The van der Waals surface area contributed by atoms with E-state index in [-0.39, 0.29) is 17.3 Å². The minimum atomic E-state index is -3.67. The maximum atomic E-state index is 12.9. The van der Waals surface area contributed by atoms with E-state index in [1.165, 1.54) is 29.7 Å². The first-order valence-corrected chi connectivity index (χ1v) is 12.8. The standard InChI is InChI=1S/C26H29N3O4S/c1-33-24-8-5-9-25(18-24)34(31,32)27-19-21-10-12-23(13-11-21)26(30)29-16-14-28(15-17-29)20-22-6-3-2-4-7-22/h2-13,18,27H,14-17,19-20H2,1H3/p+1. The summed E-state index contributed by atoms with van der Waals surface area (Å²) in [6.45, 7) is 4.40. The Kier molecular flexibility index (Phi) is 7.62. The van der Waals surface area contributed by atoms with E-state index in [2.05, 4.69) is 29.0 Å². The third kappa shape index (κ3) is 6.02. The van der Waals surface area contributed by atoms with E-state index in [1.807, 2.05) is 11.0 Å². The van der Waals surface area contributed by atoms with Crippen molar-refractivity contribution in [2.24, 2.45) is 0 Å². The van der Waals surface area contributed by atoms with Crippen molar-refractivity contribution < 1.29 is 22.8 Å². The Morgan fingerprint density at radius 1 is 0.941 bits per heavy atom. The number of benzene rings is 3. The van der Waals surface area contributed by atoms with Gasteiger partial charge in [-0.25, -0.2) is 13.1 Å². The average Bonchev–Trinajstić information content (AvgIpc) is 2.88. The molecule has 0 aromatic heterocycles. The van der Waals surface area contributed by atoms with Crippen molar-refractivity contribution in [3.63, 3.8) is 0 Å². The number of rotatable bonds is 8. The van der Waals surface area contributed by atoms with Gasteiger partial charge in [0.15, 0.2) is 0 Å². The Balaban J connectivity index is 1.29. The molecular weight excluding hydrogens is 450 g/mol. The molecule has 1 aliphatic heterocycles. The van der Waals surface area contributed by atoms with E-state index in [0.29, 0.717) is 11.3 Å². The highest BCUT2D eigenvalue weighted by molar-refractivity contribution is 7.89. The van der Waals surface area contributed by atoms with Gasteiger partial charge < -0.3 is 14.5 Å². The summed E-state index contributed by atoms with van der Waals surface area (Å²) in [5.41, 5.74) is 2.71. The SMILES string of the molecule is COc1cccc(S(=O)(=O)NCc2ccc(C(=O)N3CC[NH+](Cc4ccccc4)CC3)cc2)c1. The molecule has 2 N–H and O–H groups in total. The molecule has 34 heavy (non-hydrogen) atoms. The third-order valence-electron chi connectivity index (χ3n) is 6.07. The minimum absolute atomic E-state index is 0.0160. The zero-order valence-corrected chi connectivity index (χ0v) is 20.1. The minimum Gasteiger partial charge on any atom is -0.497 e. The number of sulfonamides is 1. The van der Waals surface area contributed by atoms with Gasteiger partial charge >= 0.3 is 0 Å². The zero-order chi connectivity index (χ0) is 24.0. The molecule has 3 aromatic rings. The number of amides is 1. The van der Waals surface area contributed by atoms with E-state index < -0.39 is 10.0 Å². The van der Waals surface area contributed by atoms with Gasteiger partial charge in [-0.1, -0.05) is 48.5 Å². The number of carbonyl (C=O) groups is 1. The van der Waals surface area contributed by atoms with Gasteiger partial charge in [0.2, 0.25) is 10.0 Å². The molecule has 0 spiro atoms. The normalized spacial score (nSPS) is 14.7. The summed E-state index contributed by atoms with van der Waals surface area (Å²) in [6, 6.07) is 23.9. The molecule has 1 amide bonds. The number of piperazine rings is 1. The Labute approximate surface area is 201 Å². The highest BCUT2D eigenvalue weighted by atomic mass is 32.2. The lowest BCUT2D eigenvalue weighted by Crippen LogP contribution is -3.13. The summed E-state index contributed by atoms with van der Waals surface area (Å²) in [5, 5.41) is 0. The monoisotopic (exact) mass is 480 g/mol. The number of hydrogen-bond acceptors (Lipinski definition) is 4. The Morgan fingerprint density at radius 3 is 2.32 bits per heavy atom. The number of nitrogens with zero attached hydrogens (tertiary/aromatic N) is 1. The number of nitrogens with one attached hydrogen (secondary N) is 2. The number of methoxy groups -OCH3 is 1. The quantitative estimate of drug-likeness (QED) is 0.515. The van der Waals surface area contributed by atoms with Crippen LogP contribution in [0.15, 0.2) is 83.8 Å². The number of ether oxygens (including phenoxy) is 1. The predicted octanol–water partition coefficient (Wildman–Crippen LogP) is 1.71. The molecule has 0 bridgehead atoms. The molecule has 0 saturated carbocycles. The summed E-state index contributed by atoms with van der Waals surface area (Å²) in [6.07, 6.45) is 0. The van der Waals surface area contributed by atoms with Gasteiger partial charge in [0, 0.05) is 23.7 Å². The van der Waals surface area contributed by atoms with Gasteiger partial charge in [-0.15, -0.1) is 0 Å². The van der Waals surface area contributed by atoms with E-state index in [1.54, 1.807) is 36.4 Å². The molecule has 0 aliphatic carbocycles. The van der Waals surface area contributed by atoms with E-state index in [0.717, 1.165) is 38.3 Å². The highest BCUT2D eigenvalue weighted by Gasteiger charge is 2.24. The fourth-order valence-corrected chi connectivity index (χ4v) is 5.12. The maximum absolute atomic E-state index is 12.9. The molecule has 0 atom stereocenters. The predicted molar refractivity (Wildman–Crippen MR) is 130 cm³/mol. The molecule has 0 radical (unpaired) electrons. The molecule has 178 valence electrons. The molecule has 1 fully saturated rings. The van der Waals surface area contributed by atoms with Gasteiger partial charge in [-0.3, -0.25) is 4.79 Å². The molecule has 0 unspecified atom stereocenters.